The van der Waals surface area contributed by atoms with Crippen molar-refractivity contribution in [1.82, 2.24) is 20.7 Å². The summed E-state index contributed by atoms with van der Waals surface area (Å²) in [6.45, 7) is 1.48. The Bertz CT molecular complexity index is 1090. The Morgan fingerprint density at radius 2 is 1.94 bits per heavy atom. The van der Waals surface area contributed by atoms with Gasteiger partial charge in [0.15, 0.2) is 5.69 Å². The molecule has 36 heavy (non-hydrogen) atoms. The van der Waals surface area contributed by atoms with Crippen LogP contribution in [0.25, 0.3) is 0 Å². The Morgan fingerprint density at radius 1 is 1.19 bits per heavy atom. The van der Waals surface area contributed by atoms with Gasteiger partial charge in [0.05, 0.1) is 9.49 Å². The molecule has 2 heterocycles. The molecule has 0 radical (unpaired) electrons. The van der Waals surface area contributed by atoms with Crippen LogP contribution < -0.4 is 16.4 Å². The third-order valence-corrected chi connectivity index (χ3v) is 7.51. The quantitative estimate of drug-likeness (QED) is 0.301. The number of amides is 3. The molecule has 1 atom stereocenters. The zero-order chi connectivity index (χ0) is 25.7. The van der Waals surface area contributed by atoms with Crippen LogP contribution >= 0.6 is 22.6 Å². The average molecular weight is 609 g/mol. The highest BCUT2D eigenvalue weighted by Crippen LogP contribution is 2.40. The lowest BCUT2D eigenvalue weighted by Gasteiger charge is -2.34. The molecule has 5 N–H and O–H groups in total. The van der Waals surface area contributed by atoms with E-state index in [4.69, 9.17) is 10.3 Å². The summed E-state index contributed by atoms with van der Waals surface area (Å²) >= 11 is 2.05. The molecule has 2 aliphatic rings. The number of aromatic hydroxyl groups is 1. The summed E-state index contributed by atoms with van der Waals surface area (Å²) < 4.78 is 5.98. The van der Waals surface area contributed by atoms with Gasteiger partial charge in [0.25, 0.3) is 5.91 Å². The topological polar surface area (TPSA) is 151 Å². The van der Waals surface area contributed by atoms with Crippen molar-refractivity contribution in [3.8, 4) is 5.75 Å². The number of carbonyl (C=O) groups excluding carboxylic acids is 3. The minimum absolute atomic E-state index is 0.0403. The number of rotatable bonds is 10. The molecule has 1 aromatic heterocycles. The van der Waals surface area contributed by atoms with Gasteiger partial charge in [-0.15, -0.1) is 0 Å². The van der Waals surface area contributed by atoms with Gasteiger partial charge in [-0.25, -0.2) is 0 Å². The van der Waals surface area contributed by atoms with Crippen LogP contribution in [0.5, 0.6) is 5.75 Å². The molecule has 1 aliphatic carbocycles. The number of benzene rings is 1. The molecule has 0 spiro atoms. The van der Waals surface area contributed by atoms with Crippen LogP contribution in [0, 0.1) is 9.49 Å². The van der Waals surface area contributed by atoms with E-state index < -0.39 is 5.92 Å². The summed E-state index contributed by atoms with van der Waals surface area (Å²) in [5, 5.41) is 19.6. The maximum Gasteiger partial charge on any atom is 0.273 e. The summed E-state index contributed by atoms with van der Waals surface area (Å²) in [5.41, 5.74) is 6.67. The Balaban J connectivity index is 1.33. The van der Waals surface area contributed by atoms with Crippen LogP contribution in [0.2, 0.25) is 0 Å². The maximum atomic E-state index is 13.4. The van der Waals surface area contributed by atoms with Crippen LogP contribution in [0.4, 0.5) is 0 Å². The number of phenols is 1. The van der Waals surface area contributed by atoms with E-state index in [0.29, 0.717) is 47.5 Å². The van der Waals surface area contributed by atoms with E-state index in [0.717, 1.165) is 24.2 Å². The second-order valence-electron chi connectivity index (χ2n) is 9.49. The zero-order valence-electron chi connectivity index (χ0n) is 20.0. The van der Waals surface area contributed by atoms with E-state index in [2.05, 4.69) is 15.8 Å². The first-order chi connectivity index (χ1) is 17.3. The second kappa shape index (κ2) is 12.0. The number of hydrogen-bond donors (Lipinski definition) is 4. The number of nitrogens with zero attached hydrogens (tertiary/aromatic N) is 2. The van der Waals surface area contributed by atoms with Crippen LogP contribution in [-0.4, -0.2) is 65.1 Å². The second-order valence-corrected chi connectivity index (χ2v) is 10.7. The first kappa shape index (κ1) is 26.4. The normalized spacial score (nSPS) is 17.0. The monoisotopic (exact) mass is 609 g/mol. The lowest BCUT2D eigenvalue weighted by molar-refractivity contribution is -0.136. The molecule has 4 rings (SSSR count). The van der Waals surface area contributed by atoms with Crippen molar-refractivity contribution < 1.29 is 24.0 Å². The van der Waals surface area contributed by atoms with Gasteiger partial charge in [0.2, 0.25) is 11.8 Å². The van der Waals surface area contributed by atoms with Crippen LogP contribution in [0.3, 0.4) is 0 Å². The molecule has 2 fully saturated rings. The molecule has 10 nitrogen and oxygen atoms in total. The van der Waals surface area contributed by atoms with Crippen molar-refractivity contribution >= 4 is 40.3 Å². The van der Waals surface area contributed by atoms with Crippen molar-refractivity contribution in [2.45, 2.75) is 50.5 Å². The van der Waals surface area contributed by atoms with Gasteiger partial charge in [-0.2, -0.15) is 0 Å². The molecule has 11 heteroatoms. The molecule has 1 aromatic carbocycles. The zero-order valence-corrected chi connectivity index (χ0v) is 22.2. The summed E-state index contributed by atoms with van der Waals surface area (Å²) in [6, 6.07) is 6.92. The van der Waals surface area contributed by atoms with Gasteiger partial charge in [0.1, 0.15) is 11.5 Å². The summed E-state index contributed by atoms with van der Waals surface area (Å²) in [7, 11) is 0. The smallest absolute Gasteiger partial charge is 0.273 e. The van der Waals surface area contributed by atoms with E-state index >= 15 is 0 Å². The van der Waals surface area contributed by atoms with Gasteiger partial charge in [-0.05, 0) is 72.4 Å². The Kier molecular flexibility index (Phi) is 8.83. The number of hydrogen-bond acceptors (Lipinski definition) is 7. The number of carbonyl (C=O) groups is 3. The fraction of sp³-hybridized carbons (Fsp3) is 0.520. The van der Waals surface area contributed by atoms with Crippen molar-refractivity contribution in [2.75, 3.05) is 26.2 Å². The maximum absolute atomic E-state index is 13.4. The number of likely N-dealkylation sites (tertiary alicyclic amines) is 1. The van der Waals surface area contributed by atoms with E-state index in [1.54, 1.807) is 23.1 Å². The van der Waals surface area contributed by atoms with Crippen LogP contribution in [0.1, 0.15) is 59.8 Å². The molecular weight excluding hydrogens is 577 g/mol. The first-order valence-electron chi connectivity index (χ1n) is 12.3. The Hall–Kier alpha value is -2.67. The van der Waals surface area contributed by atoms with Crippen LogP contribution in [0.15, 0.2) is 28.8 Å². The average Bonchev–Trinajstić information content (AvgIpc) is 3.60. The number of nitrogens with two attached hydrogens (primary N) is 1. The summed E-state index contributed by atoms with van der Waals surface area (Å²) in [5.74, 6) is 0.431. The largest absolute Gasteiger partial charge is 0.507 e. The van der Waals surface area contributed by atoms with Gasteiger partial charge in [-0.1, -0.05) is 11.2 Å². The van der Waals surface area contributed by atoms with E-state index in [-0.39, 0.29) is 49.0 Å². The lowest BCUT2D eigenvalue weighted by Crippen LogP contribution is -2.49. The third-order valence-electron chi connectivity index (χ3n) is 6.64. The molecule has 194 valence electrons. The molecule has 0 unspecified atom stereocenters. The summed E-state index contributed by atoms with van der Waals surface area (Å²) in [6.07, 6.45) is 4.06. The van der Waals surface area contributed by atoms with Crippen molar-refractivity contribution in [2.24, 2.45) is 11.7 Å². The fourth-order valence-electron chi connectivity index (χ4n) is 4.38. The van der Waals surface area contributed by atoms with Gasteiger partial charge in [0, 0.05) is 50.6 Å². The van der Waals surface area contributed by atoms with E-state index in [9.17, 15) is 19.5 Å². The van der Waals surface area contributed by atoms with Gasteiger partial charge >= 0.3 is 0 Å². The number of piperidine rings is 1. The van der Waals surface area contributed by atoms with Gasteiger partial charge < -0.3 is 30.9 Å². The van der Waals surface area contributed by atoms with Gasteiger partial charge in [-0.3, -0.25) is 14.4 Å². The molecule has 1 saturated carbocycles. The SMILES string of the molecule is NCCC(=O)NC[C@@H](Cc1ccc(O)c(I)c1)C(=O)N1CCC(NC(=O)c2cc(C3CC3)on2)CC1. The highest BCUT2D eigenvalue weighted by molar-refractivity contribution is 14.1. The molecule has 2 aromatic rings. The summed E-state index contributed by atoms with van der Waals surface area (Å²) in [4.78, 5) is 39.8. The van der Waals surface area contributed by atoms with E-state index in [1.807, 2.05) is 28.7 Å². The Labute approximate surface area is 223 Å². The number of aromatic nitrogens is 1. The molecule has 1 saturated heterocycles. The lowest BCUT2D eigenvalue weighted by atomic mass is 9.95. The third kappa shape index (κ3) is 6.96. The molecule has 0 bridgehead atoms. The highest BCUT2D eigenvalue weighted by Gasteiger charge is 2.31. The highest BCUT2D eigenvalue weighted by atomic mass is 127. The van der Waals surface area contributed by atoms with Crippen molar-refractivity contribution in [3.63, 3.8) is 0 Å². The number of halogens is 1. The predicted octanol–water partition coefficient (Wildman–Crippen LogP) is 1.91. The fourth-order valence-corrected chi connectivity index (χ4v) is 4.96. The molecule has 3 amide bonds. The minimum atomic E-state index is -0.450. The Morgan fingerprint density at radius 3 is 2.61 bits per heavy atom. The minimum Gasteiger partial charge on any atom is -0.507 e. The number of phenolic OH excluding ortho intramolecular Hbond substituents is 1. The number of nitrogens with one attached hydrogen (secondary N) is 2. The van der Waals surface area contributed by atoms with Crippen molar-refractivity contribution in [3.05, 3.63) is 44.9 Å². The predicted molar refractivity (Wildman–Crippen MR) is 140 cm³/mol. The first-order valence-corrected chi connectivity index (χ1v) is 13.4. The van der Waals surface area contributed by atoms with E-state index in [1.165, 1.54) is 0 Å². The molecular formula is C25H32IN5O5. The van der Waals surface area contributed by atoms with Crippen LogP contribution in [-0.2, 0) is 16.0 Å². The molecule has 1 aliphatic heterocycles. The standard InChI is InChI=1S/C25H32IN5O5/c26-19-12-15(1-4-21(19)32)11-17(14-28-23(33)5-8-27)25(35)31-9-6-18(7-10-31)29-24(34)20-13-22(36-30-20)16-2-3-16/h1,4,12-13,16-18,32H,2-3,5-11,14,27H2,(H,28,33)(H,29,34)/t17-/m1/s1. The van der Waals surface area contributed by atoms with Crippen molar-refractivity contribution in [1.29, 1.82) is 0 Å².